The van der Waals surface area contributed by atoms with Gasteiger partial charge in [-0.15, -0.1) is 0 Å². The summed E-state index contributed by atoms with van der Waals surface area (Å²) in [6.07, 6.45) is 4.94. The van der Waals surface area contributed by atoms with E-state index >= 15 is 4.39 Å². The standard InChI is InChI=1S/C27H23F2N7O/c1-15-17-13-19(28)18(14-22(17)37-34-15)23-24(16-4-5-21(31-3)20(29)12-16)33-26(36-11-8-32-25(23)36)35-9-6-27(2,30)7-10-35/h4-5,8,11-14H,6-7,9-10,30H2,1-2H3. The van der Waals surface area contributed by atoms with Crippen molar-refractivity contribution in [3.8, 4) is 22.4 Å². The zero-order valence-electron chi connectivity index (χ0n) is 20.3. The molecule has 6 rings (SSSR count). The second kappa shape index (κ2) is 8.35. The summed E-state index contributed by atoms with van der Waals surface area (Å²) in [6.45, 7) is 12.3. The van der Waals surface area contributed by atoms with Crippen molar-refractivity contribution in [3.05, 3.63) is 71.5 Å². The summed E-state index contributed by atoms with van der Waals surface area (Å²) in [5.41, 5.74) is 8.79. The van der Waals surface area contributed by atoms with Crippen LogP contribution in [0, 0.1) is 25.1 Å². The molecule has 1 saturated heterocycles. The quantitative estimate of drug-likeness (QED) is 0.322. The van der Waals surface area contributed by atoms with Crippen molar-refractivity contribution in [2.24, 2.45) is 5.73 Å². The molecule has 0 unspecified atom stereocenters. The van der Waals surface area contributed by atoms with E-state index in [0.717, 1.165) is 12.8 Å². The lowest BCUT2D eigenvalue weighted by atomic mass is 9.91. The lowest BCUT2D eigenvalue weighted by Crippen LogP contribution is -2.48. The monoisotopic (exact) mass is 499 g/mol. The first-order valence-electron chi connectivity index (χ1n) is 11.9. The van der Waals surface area contributed by atoms with E-state index in [-0.39, 0.29) is 16.8 Å². The zero-order chi connectivity index (χ0) is 25.9. The first-order chi connectivity index (χ1) is 17.8. The van der Waals surface area contributed by atoms with Gasteiger partial charge < -0.3 is 15.2 Å². The Kier molecular flexibility index (Phi) is 5.21. The van der Waals surface area contributed by atoms with Crippen LogP contribution in [0.25, 0.3) is 43.8 Å². The van der Waals surface area contributed by atoms with Gasteiger partial charge in [-0.3, -0.25) is 4.40 Å². The van der Waals surface area contributed by atoms with Crippen molar-refractivity contribution < 1.29 is 13.3 Å². The molecule has 5 aromatic rings. The number of nitrogens with two attached hydrogens (primary N) is 1. The van der Waals surface area contributed by atoms with Crippen molar-refractivity contribution >= 4 is 28.3 Å². The highest BCUT2D eigenvalue weighted by atomic mass is 19.1. The molecule has 2 N–H and O–H groups in total. The molecule has 0 bridgehead atoms. The van der Waals surface area contributed by atoms with Crippen LogP contribution in [0.5, 0.6) is 0 Å². The number of benzene rings is 2. The Balaban J connectivity index is 1.64. The highest BCUT2D eigenvalue weighted by Crippen LogP contribution is 2.40. The van der Waals surface area contributed by atoms with Gasteiger partial charge in [0.05, 0.1) is 23.5 Å². The highest BCUT2D eigenvalue weighted by molar-refractivity contribution is 5.95. The number of aryl methyl sites for hydroxylation is 1. The third kappa shape index (κ3) is 3.79. The summed E-state index contributed by atoms with van der Waals surface area (Å²) < 4.78 is 37.7. The second-order valence-electron chi connectivity index (χ2n) is 9.77. The van der Waals surface area contributed by atoms with E-state index in [1.165, 1.54) is 18.2 Å². The molecule has 0 spiro atoms. The highest BCUT2D eigenvalue weighted by Gasteiger charge is 2.30. The third-order valence-corrected chi connectivity index (χ3v) is 7.07. The molecule has 37 heavy (non-hydrogen) atoms. The maximum atomic E-state index is 15.7. The summed E-state index contributed by atoms with van der Waals surface area (Å²) in [5, 5.41) is 4.52. The van der Waals surface area contributed by atoms with E-state index in [2.05, 4.69) is 19.9 Å². The van der Waals surface area contributed by atoms with E-state index in [9.17, 15) is 4.39 Å². The number of nitrogens with zero attached hydrogens (tertiary/aromatic N) is 6. The van der Waals surface area contributed by atoms with E-state index < -0.39 is 11.6 Å². The normalized spacial score (nSPS) is 15.4. The van der Waals surface area contributed by atoms with Gasteiger partial charge in [-0.05, 0) is 44.9 Å². The van der Waals surface area contributed by atoms with Crippen LogP contribution in [0.2, 0.25) is 0 Å². The number of rotatable bonds is 3. The van der Waals surface area contributed by atoms with E-state index in [1.807, 2.05) is 11.3 Å². The van der Waals surface area contributed by atoms with Crippen molar-refractivity contribution in [1.82, 2.24) is 19.5 Å². The molecular weight excluding hydrogens is 476 g/mol. The Bertz CT molecular complexity index is 1720. The molecule has 4 heterocycles. The summed E-state index contributed by atoms with van der Waals surface area (Å²) >= 11 is 0. The summed E-state index contributed by atoms with van der Waals surface area (Å²) in [4.78, 5) is 14.9. The van der Waals surface area contributed by atoms with Crippen LogP contribution in [0.15, 0.2) is 47.2 Å². The molecular formula is C27H23F2N7O. The molecule has 1 aliphatic heterocycles. The van der Waals surface area contributed by atoms with Crippen LogP contribution in [0.4, 0.5) is 20.4 Å². The molecule has 0 atom stereocenters. The number of aromatic nitrogens is 4. The summed E-state index contributed by atoms with van der Waals surface area (Å²) in [5.74, 6) is -0.577. The fourth-order valence-electron chi connectivity index (χ4n) is 4.88. The number of halogens is 2. The minimum absolute atomic E-state index is 0.101. The van der Waals surface area contributed by atoms with Gasteiger partial charge >= 0.3 is 0 Å². The average Bonchev–Trinajstić information content (AvgIpc) is 3.50. The van der Waals surface area contributed by atoms with Crippen LogP contribution in [-0.4, -0.2) is 38.2 Å². The molecule has 0 aliphatic carbocycles. The Hall–Kier alpha value is -4.36. The lowest BCUT2D eigenvalue weighted by molar-refractivity contribution is 0.361. The van der Waals surface area contributed by atoms with Crippen molar-refractivity contribution in [1.29, 1.82) is 0 Å². The van der Waals surface area contributed by atoms with Gasteiger partial charge in [0, 0.05) is 47.5 Å². The van der Waals surface area contributed by atoms with Gasteiger partial charge in [0.25, 0.3) is 0 Å². The van der Waals surface area contributed by atoms with Crippen molar-refractivity contribution in [2.75, 3.05) is 18.0 Å². The smallest absolute Gasteiger partial charge is 0.222 e. The summed E-state index contributed by atoms with van der Waals surface area (Å²) in [6, 6.07) is 7.23. The number of hydrogen-bond donors (Lipinski definition) is 1. The largest absolute Gasteiger partial charge is 0.356 e. The SMILES string of the molecule is [C-]#[N+]c1ccc(-c2nc(N3CCC(C)(N)CC3)n3ccnc3c2-c2cc3onc(C)c3cc2F)cc1F. The fraction of sp³-hybridized carbons (Fsp3) is 0.259. The van der Waals surface area contributed by atoms with Gasteiger partial charge in [0.15, 0.2) is 5.58 Å². The van der Waals surface area contributed by atoms with Crippen LogP contribution < -0.4 is 10.6 Å². The number of fused-ring (bicyclic) bond motifs is 2. The molecule has 186 valence electrons. The van der Waals surface area contributed by atoms with Gasteiger partial charge in [-0.1, -0.05) is 17.3 Å². The lowest BCUT2D eigenvalue weighted by Gasteiger charge is -2.37. The van der Waals surface area contributed by atoms with Gasteiger partial charge in [-0.25, -0.2) is 23.6 Å². The van der Waals surface area contributed by atoms with Crippen molar-refractivity contribution in [2.45, 2.75) is 32.2 Å². The molecule has 8 nitrogen and oxygen atoms in total. The van der Waals surface area contributed by atoms with Crippen LogP contribution in [-0.2, 0) is 0 Å². The maximum Gasteiger partial charge on any atom is 0.222 e. The van der Waals surface area contributed by atoms with Crippen molar-refractivity contribution in [3.63, 3.8) is 0 Å². The first kappa shape index (κ1) is 23.1. The molecule has 2 aromatic carbocycles. The minimum atomic E-state index is -0.677. The van der Waals surface area contributed by atoms with E-state index in [1.54, 1.807) is 31.5 Å². The topological polar surface area (TPSA) is 89.8 Å². The zero-order valence-corrected chi connectivity index (χ0v) is 20.3. The maximum absolute atomic E-state index is 15.7. The minimum Gasteiger partial charge on any atom is -0.356 e. The molecule has 0 saturated carbocycles. The number of piperidine rings is 1. The van der Waals surface area contributed by atoms with Gasteiger partial charge in [0.2, 0.25) is 11.6 Å². The average molecular weight is 500 g/mol. The van der Waals surface area contributed by atoms with Crippen LogP contribution in [0.3, 0.4) is 0 Å². The number of anilines is 1. The predicted molar refractivity (Wildman–Crippen MR) is 136 cm³/mol. The van der Waals surface area contributed by atoms with Gasteiger partial charge in [-0.2, -0.15) is 0 Å². The summed E-state index contributed by atoms with van der Waals surface area (Å²) in [7, 11) is 0. The Morgan fingerprint density at radius 1 is 1.14 bits per heavy atom. The number of imidazole rings is 1. The first-order valence-corrected chi connectivity index (χ1v) is 11.9. The molecule has 3 aromatic heterocycles. The van der Waals surface area contributed by atoms with E-state index in [0.29, 0.717) is 58.2 Å². The third-order valence-electron chi connectivity index (χ3n) is 7.07. The number of hydrogen-bond acceptors (Lipinski definition) is 6. The molecule has 1 aliphatic rings. The molecule has 0 amide bonds. The van der Waals surface area contributed by atoms with E-state index in [4.69, 9.17) is 21.8 Å². The Morgan fingerprint density at radius 2 is 1.92 bits per heavy atom. The predicted octanol–water partition coefficient (Wildman–Crippen LogP) is 5.66. The molecule has 0 radical (unpaired) electrons. The van der Waals surface area contributed by atoms with Crippen LogP contribution >= 0.6 is 0 Å². The van der Waals surface area contributed by atoms with Gasteiger partial charge in [0.1, 0.15) is 17.3 Å². The molecule has 10 heteroatoms. The fourth-order valence-corrected chi connectivity index (χ4v) is 4.88. The van der Waals surface area contributed by atoms with Crippen LogP contribution in [0.1, 0.15) is 25.5 Å². The molecule has 1 fully saturated rings. The Morgan fingerprint density at radius 3 is 2.65 bits per heavy atom. The Labute approximate surface area is 211 Å². The second-order valence-corrected chi connectivity index (χ2v) is 9.77.